The number of hydrogen-bond donors (Lipinski definition) is 1. The van der Waals surface area contributed by atoms with Crippen molar-refractivity contribution in [1.82, 2.24) is 15.1 Å². The molecule has 0 amide bonds. The summed E-state index contributed by atoms with van der Waals surface area (Å²) in [6.07, 6.45) is 1.07. The highest BCUT2D eigenvalue weighted by Crippen LogP contribution is 2.15. The molecule has 0 unspecified atom stereocenters. The lowest BCUT2D eigenvalue weighted by atomic mass is 10.2. The molecule has 92 valence electrons. The summed E-state index contributed by atoms with van der Waals surface area (Å²) in [7, 11) is 1.97. The molecule has 4 heteroatoms. The van der Waals surface area contributed by atoms with E-state index in [4.69, 9.17) is 0 Å². The largest absolute Gasteiger partial charge is 0.316 e. The Hall–Kier alpha value is -1.13. The second-order valence-electron chi connectivity index (χ2n) is 4.23. The van der Waals surface area contributed by atoms with E-state index < -0.39 is 0 Å². The van der Waals surface area contributed by atoms with Crippen LogP contribution < -0.4 is 5.32 Å². The molecule has 17 heavy (non-hydrogen) atoms. The maximum Gasteiger partial charge on any atom is 0.0641 e. The van der Waals surface area contributed by atoms with E-state index in [0.29, 0.717) is 0 Å². The van der Waals surface area contributed by atoms with Crippen molar-refractivity contribution in [2.45, 2.75) is 33.4 Å². The van der Waals surface area contributed by atoms with Gasteiger partial charge in [-0.15, -0.1) is 11.3 Å². The summed E-state index contributed by atoms with van der Waals surface area (Å²) in [4.78, 5) is 1.42. The number of nitrogens with one attached hydrogen (secondary N) is 1. The molecule has 0 aliphatic rings. The van der Waals surface area contributed by atoms with E-state index in [-0.39, 0.29) is 0 Å². The first kappa shape index (κ1) is 12.3. The summed E-state index contributed by atoms with van der Waals surface area (Å²) >= 11 is 1.82. The van der Waals surface area contributed by atoms with Crippen LogP contribution in [0.3, 0.4) is 0 Å². The van der Waals surface area contributed by atoms with Gasteiger partial charge in [0.15, 0.2) is 0 Å². The van der Waals surface area contributed by atoms with E-state index in [2.05, 4.69) is 46.5 Å². The van der Waals surface area contributed by atoms with Gasteiger partial charge in [0.2, 0.25) is 0 Å². The van der Waals surface area contributed by atoms with Crippen molar-refractivity contribution in [2.24, 2.45) is 0 Å². The average molecular weight is 249 g/mol. The average Bonchev–Trinajstić information content (AvgIpc) is 2.90. The van der Waals surface area contributed by atoms with Gasteiger partial charge in [0, 0.05) is 35.6 Å². The molecular formula is C13H19N3S. The first-order valence-corrected chi connectivity index (χ1v) is 6.80. The van der Waals surface area contributed by atoms with Gasteiger partial charge in [-0.1, -0.05) is 6.07 Å². The van der Waals surface area contributed by atoms with Crippen molar-refractivity contribution in [2.75, 3.05) is 7.05 Å². The zero-order valence-corrected chi connectivity index (χ0v) is 11.5. The zero-order valence-electron chi connectivity index (χ0n) is 10.7. The van der Waals surface area contributed by atoms with Crippen LogP contribution in [0.5, 0.6) is 0 Å². The second-order valence-corrected chi connectivity index (χ2v) is 5.26. The molecule has 0 bridgehead atoms. The Morgan fingerprint density at radius 3 is 2.88 bits per heavy atom. The highest BCUT2D eigenvalue weighted by Gasteiger charge is 2.10. The molecule has 0 aliphatic carbocycles. The summed E-state index contributed by atoms with van der Waals surface area (Å²) in [5, 5.41) is 9.93. The van der Waals surface area contributed by atoms with Gasteiger partial charge in [-0.3, -0.25) is 4.68 Å². The van der Waals surface area contributed by atoms with E-state index in [9.17, 15) is 0 Å². The molecule has 0 spiro atoms. The Bertz CT molecular complexity index is 471. The topological polar surface area (TPSA) is 29.9 Å². The fraction of sp³-hybridized carbons (Fsp3) is 0.462. The Labute approximate surface area is 106 Å². The molecule has 2 heterocycles. The predicted molar refractivity (Wildman–Crippen MR) is 72.5 cm³/mol. The first-order valence-electron chi connectivity index (χ1n) is 5.92. The van der Waals surface area contributed by atoms with Crippen LogP contribution in [0.15, 0.2) is 17.5 Å². The molecule has 2 rings (SSSR count). The molecule has 3 nitrogen and oxygen atoms in total. The number of hydrogen-bond acceptors (Lipinski definition) is 3. The number of nitrogens with zero attached hydrogens (tertiary/aromatic N) is 2. The van der Waals surface area contributed by atoms with Crippen LogP contribution in [0.25, 0.3) is 0 Å². The highest BCUT2D eigenvalue weighted by atomic mass is 32.1. The molecule has 2 aromatic heterocycles. The summed E-state index contributed by atoms with van der Waals surface area (Å²) in [5.74, 6) is 0. The van der Waals surface area contributed by atoms with Crippen LogP contribution in [0, 0.1) is 13.8 Å². The van der Waals surface area contributed by atoms with Gasteiger partial charge in [0.1, 0.15) is 0 Å². The molecule has 0 radical (unpaired) electrons. The second kappa shape index (κ2) is 5.47. The Kier molecular flexibility index (Phi) is 3.97. The molecule has 0 atom stereocenters. The molecule has 0 fully saturated rings. The van der Waals surface area contributed by atoms with Crippen molar-refractivity contribution in [1.29, 1.82) is 0 Å². The van der Waals surface area contributed by atoms with Gasteiger partial charge >= 0.3 is 0 Å². The Balaban J connectivity index is 2.08. The molecule has 1 N–H and O–H groups in total. The Morgan fingerprint density at radius 1 is 1.41 bits per heavy atom. The van der Waals surface area contributed by atoms with Gasteiger partial charge in [0.25, 0.3) is 0 Å². The summed E-state index contributed by atoms with van der Waals surface area (Å²) in [5.41, 5.74) is 3.76. The van der Waals surface area contributed by atoms with Crippen LogP contribution in [-0.2, 0) is 19.5 Å². The summed E-state index contributed by atoms with van der Waals surface area (Å²) < 4.78 is 2.13. The maximum absolute atomic E-state index is 4.61. The number of aromatic nitrogens is 2. The highest BCUT2D eigenvalue weighted by molar-refractivity contribution is 7.09. The smallest absolute Gasteiger partial charge is 0.0641 e. The van der Waals surface area contributed by atoms with E-state index in [1.807, 2.05) is 18.4 Å². The SMILES string of the molecule is CNCc1c(C)nn(CCc2cccs2)c1C. The van der Waals surface area contributed by atoms with Crippen LogP contribution in [-0.4, -0.2) is 16.8 Å². The van der Waals surface area contributed by atoms with Gasteiger partial charge in [0.05, 0.1) is 5.69 Å². The molecule has 2 aromatic rings. The monoisotopic (exact) mass is 249 g/mol. The minimum absolute atomic E-state index is 0.899. The lowest BCUT2D eigenvalue weighted by molar-refractivity contribution is 0.596. The predicted octanol–water partition coefficient (Wildman–Crippen LogP) is 2.52. The van der Waals surface area contributed by atoms with Crippen LogP contribution in [0.4, 0.5) is 0 Å². The fourth-order valence-corrected chi connectivity index (χ4v) is 2.75. The minimum atomic E-state index is 0.899. The number of thiophene rings is 1. The van der Waals surface area contributed by atoms with Crippen LogP contribution >= 0.6 is 11.3 Å². The van der Waals surface area contributed by atoms with E-state index in [1.165, 1.54) is 16.1 Å². The summed E-state index contributed by atoms with van der Waals surface area (Å²) in [6, 6.07) is 4.29. The third-order valence-electron chi connectivity index (χ3n) is 3.04. The minimum Gasteiger partial charge on any atom is -0.316 e. The van der Waals surface area contributed by atoms with E-state index in [0.717, 1.165) is 25.2 Å². The van der Waals surface area contributed by atoms with Gasteiger partial charge in [-0.05, 0) is 32.3 Å². The quantitative estimate of drug-likeness (QED) is 0.882. The van der Waals surface area contributed by atoms with Gasteiger partial charge < -0.3 is 5.32 Å². The number of aryl methyl sites for hydroxylation is 3. The van der Waals surface area contributed by atoms with E-state index >= 15 is 0 Å². The Morgan fingerprint density at radius 2 is 2.24 bits per heavy atom. The fourth-order valence-electron chi connectivity index (χ4n) is 2.06. The van der Waals surface area contributed by atoms with Crippen molar-refractivity contribution >= 4 is 11.3 Å². The standard InChI is InChI=1S/C13H19N3S/c1-10-13(9-14-3)11(2)16(15-10)7-6-12-5-4-8-17-12/h4-5,8,14H,6-7,9H2,1-3H3. The number of rotatable bonds is 5. The maximum atomic E-state index is 4.61. The van der Waals surface area contributed by atoms with E-state index in [1.54, 1.807) is 0 Å². The molecule has 0 aromatic carbocycles. The normalized spacial score (nSPS) is 11.0. The van der Waals surface area contributed by atoms with Crippen LogP contribution in [0.1, 0.15) is 21.8 Å². The van der Waals surface area contributed by atoms with Crippen molar-refractivity contribution < 1.29 is 0 Å². The summed E-state index contributed by atoms with van der Waals surface area (Å²) in [6.45, 7) is 6.11. The molecular weight excluding hydrogens is 230 g/mol. The van der Waals surface area contributed by atoms with Crippen LogP contribution in [0.2, 0.25) is 0 Å². The zero-order chi connectivity index (χ0) is 12.3. The van der Waals surface area contributed by atoms with Crippen molar-refractivity contribution in [3.63, 3.8) is 0 Å². The molecule has 0 saturated heterocycles. The van der Waals surface area contributed by atoms with Crippen molar-refractivity contribution in [3.05, 3.63) is 39.3 Å². The third kappa shape index (κ3) is 2.76. The van der Waals surface area contributed by atoms with Gasteiger partial charge in [-0.25, -0.2) is 0 Å². The lowest BCUT2D eigenvalue weighted by Crippen LogP contribution is -2.08. The van der Waals surface area contributed by atoms with Gasteiger partial charge in [-0.2, -0.15) is 5.10 Å². The van der Waals surface area contributed by atoms with Crippen molar-refractivity contribution in [3.8, 4) is 0 Å². The third-order valence-corrected chi connectivity index (χ3v) is 3.97. The first-order chi connectivity index (χ1) is 8.22. The lowest BCUT2D eigenvalue weighted by Gasteiger charge is -2.04. The molecule has 0 aliphatic heterocycles. The molecule has 0 saturated carbocycles.